The van der Waals surface area contributed by atoms with E-state index in [1.165, 1.54) is 30.3 Å². The van der Waals surface area contributed by atoms with Crippen LogP contribution in [0.3, 0.4) is 0 Å². The molecule has 0 spiro atoms. The number of H-pyrrole nitrogens is 1. The van der Waals surface area contributed by atoms with E-state index in [0.717, 1.165) is 0 Å². The molecular weight excluding hydrogens is 389 g/mol. The molecule has 0 aliphatic carbocycles. The van der Waals surface area contributed by atoms with Gasteiger partial charge in [-0.1, -0.05) is 23.2 Å². The highest BCUT2D eigenvalue weighted by Gasteiger charge is 2.19. The van der Waals surface area contributed by atoms with Crippen molar-refractivity contribution in [2.75, 3.05) is 0 Å². The van der Waals surface area contributed by atoms with Crippen molar-refractivity contribution >= 4 is 50.1 Å². The maximum absolute atomic E-state index is 12.4. The Morgan fingerprint density at radius 2 is 1.92 bits per heavy atom. The lowest BCUT2D eigenvalue weighted by atomic mass is 10.1. The van der Waals surface area contributed by atoms with Crippen LogP contribution in [0.4, 0.5) is 0 Å². The van der Waals surface area contributed by atoms with Crippen LogP contribution in [0.15, 0.2) is 41.3 Å². The van der Waals surface area contributed by atoms with Crippen molar-refractivity contribution in [1.82, 2.24) is 10.2 Å². The van der Waals surface area contributed by atoms with Crippen LogP contribution in [0.2, 0.25) is 10.0 Å². The second-order valence-corrected chi connectivity index (χ2v) is 7.50. The summed E-state index contributed by atoms with van der Waals surface area (Å²) in [6.45, 7) is 0. The van der Waals surface area contributed by atoms with Crippen molar-refractivity contribution in [3.8, 4) is 5.75 Å². The lowest BCUT2D eigenvalue weighted by Crippen LogP contribution is -2.14. The summed E-state index contributed by atoms with van der Waals surface area (Å²) in [6.07, 6.45) is -0.0561. The molecule has 1 aromatic heterocycles. The molecule has 0 aliphatic rings. The van der Waals surface area contributed by atoms with E-state index in [4.69, 9.17) is 33.1 Å². The number of fused-ring (bicyclic) bond motifs is 1. The molecule has 0 saturated heterocycles. The molecule has 0 bridgehead atoms. The minimum Gasteiger partial charge on any atom is -0.379 e. The lowest BCUT2D eigenvalue weighted by molar-refractivity contribution is -0.117. The van der Waals surface area contributed by atoms with Gasteiger partial charge in [-0.05, 0) is 36.4 Å². The Kier molecular flexibility index (Phi) is 4.59. The van der Waals surface area contributed by atoms with Gasteiger partial charge in [0.25, 0.3) is 0 Å². The van der Waals surface area contributed by atoms with Gasteiger partial charge in [0, 0.05) is 5.39 Å². The normalized spacial score (nSPS) is 11.6. The first-order chi connectivity index (χ1) is 11.8. The van der Waals surface area contributed by atoms with Gasteiger partial charge in [-0.15, -0.1) is 0 Å². The summed E-state index contributed by atoms with van der Waals surface area (Å²) < 4.78 is 29.9. The van der Waals surface area contributed by atoms with Gasteiger partial charge >= 0.3 is 10.1 Å². The molecule has 0 fully saturated rings. The van der Waals surface area contributed by atoms with Crippen molar-refractivity contribution in [1.29, 1.82) is 0 Å². The summed E-state index contributed by atoms with van der Waals surface area (Å²) >= 11 is 11.6. The highest BCUT2D eigenvalue weighted by Crippen LogP contribution is 2.28. The van der Waals surface area contributed by atoms with E-state index in [9.17, 15) is 13.2 Å². The Morgan fingerprint density at radius 3 is 2.60 bits per heavy atom. The number of primary amides is 1. The summed E-state index contributed by atoms with van der Waals surface area (Å²) in [6, 6.07) is 8.34. The Hall–Kier alpha value is -2.29. The summed E-state index contributed by atoms with van der Waals surface area (Å²) in [5, 5.41) is 7.58. The van der Waals surface area contributed by atoms with E-state index in [1.54, 1.807) is 6.07 Å². The molecule has 1 amide bonds. The summed E-state index contributed by atoms with van der Waals surface area (Å²) in [7, 11) is -4.11. The molecule has 0 atom stereocenters. The number of hydrogen-bond donors (Lipinski definition) is 2. The van der Waals surface area contributed by atoms with Gasteiger partial charge in [0.2, 0.25) is 5.91 Å². The highest BCUT2D eigenvalue weighted by atomic mass is 35.5. The van der Waals surface area contributed by atoms with Gasteiger partial charge < -0.3 is 9.92 Å². The average molecular weight is 400 g/mol. The fourth-order valence-electron chi connectivity index (χ4n) is 2.21. The van der Waals surface area contributed by atoms with Crippen molar-refractivity contribution in [2.45, 2.75) is 11.3 Å². The third-order valence-corrected chi connectivity index (χ3v) is 5.32. The van der Waals surface area contributed by atoms with Gasteiger partial charge in [-0.25, -0.2) is 0 Å². The number of carbonyl (C=O) groups excluding carboxylic acids is 1. The van der Waals surface area contributed by atoms with Crippen LogP contribution in [0.1, 0.15) is 5.69 Å². The average Bonchev–Trinajstić information content (AvgIpc) is 2.91. The van der Waals surface area contributed by atoms with Gasteiger partial charge in [0.1, 0.15) is 10.6 Å². The largest absolute Gasteiger partial charge is 0.379 e. The minimum absolute atomic E-state index is 0.0561. The van der Waals surface area contributed by atoms with E-state index in [2.05, 4.69) is 10.2 Å². The van der Waals surface area contributed by atoms with Gasteiger partial charge in [0.05, 0.1) is 27.7 Å². The number of rotatable bonds is 5. The summed E-state index contributed by atoms with van der Waals surface area (Å²) in [5.41, 5.74) is 6.20. The number of nitrogens with zero attached hydrogens (tertiary/aromatic N) is 1. The van der Waals surface area contributed by atoms with E-state index in [-0.39, 0.29) is 27.1 Å². The number of aromatic amines is 1. The zero-order valence-electron chi connectivity index (χ0n) is 12.5. The van der Waals surface area contributed by atoms with Crippen LogP contribution >= 0.6 is 23.2 Å². The Labute approximate surface area is 152 Å². The third-order valence-electron chi connectivity index (χ3n) is 3.34. The number of aromatic nitrogens is 2. The monoisotopic (exact) mass is 399 g/mol. The van der Waals surface area contributed by atoms with Gasteiger partial charge in [0.15, 0.2) is 0 Å². The fourth-order valence-corrected chi connectivity index (χ4v) is 3.52. The van der Waals surface area contributed by atoms with Crippen molar-refractivity contribution in [3.63, 3.8) is 0 Å². The van der Waals surface area contributed by atoms with Crippen LogP contribution in [-0.4, -0.2) is 24.5 Å². The summed E-state index contributed by atoms with van der Waals surface area (Å²) in [5.74, 6) is -0.481. The number of nitrogens with one attached hydrogen (secondary N) is 1. The van der Waals surface area contributed by atoms with Gasteiger partial charge in [-0.3, -0.25) is 9.89 Å². The van der Waals surface area contributed by atoms with E-state index in [0.29, 0.717) is 16.6 Å². The number of carbonyl (C=O) groups is 1. The van der Waals surface area contributed by atoms with Crippen LogP contribution < -0.4 is 9.92 Å². The predicted octanol–water partition coefficient (Wildman–Crippen LogP) is 2.67. The molecule has 0 radical (unpaired) electrons. The molecule has 2 aromatic carbocycles. The Morgan fingerprint density at radius 1 is 1.16 bits per heavy atom. The molecule has 0 saturated carbocycles. The first kappa shape index (κ1) is 17.5. The van der Waals surface area contributed by atoms with Crippen LogP contribution in [0, 0.1) is 0 Å². The van der Waals surface area contributed by atoms with Crippen LogP contribution in [0.25, 0.3) is 10.9 Å². The number of halogens is 2. The zero-order valence-corrected chi connectivity index (χ0v) is 14.8. The van der Waals surface area contributed by atoms with E-state index < -0.39 is 16.0 Å². The number of nitrogens with two attached hydrogens (primary N) is 1. The first-order valence-corrected chi connectivity index (χ1v) is 9.07. The third kappa shape index (κ3) is 3.71. The Bertz CT molecular complexity index is 1080. The van der Waals surface area contributed by atoms with Gasteiger partial charge in [-0.2, -0.15) is 13.5 Å². The van der Waals surface area contributed by atoms with Crippen LogP contribution in [0.5, 0.6) is 5.75 Å². The molecule has 1 heterocycles. The maximum Gasteiger partial charge on any atom is 0.339 e. The van der Waals surface area contributed by atoms with Crippen molar-refractivity contribution in [2.24, 2.45) is 5.73 Å². The molecule has 3 N–H and O–H groups in total. The predicted molar refractivity (Wildman–Crippen MR) is 93.3 cm³/mol. The maximum atomic E-state index is 12.4. The number of hydrogen-bond acceptors (Lipinski definition) is 5. The SMILES string of the molecule is NC(=O)Cc1[nH]nc2ccc(OS(=O)(=O)c3ccc(Cl)c(Cl)c3)cc12. The Balaban J connectivity index is 1.96. The molecule has 25 heavy (non-hydrogen) atoms. The zero-order chi connectivity index (χ0) is 18.2. The number of benzene rings is 2. The summed E-state index contributed by atoms with van der Waals surface area (Å²) in [4.78, 5) is 11.0. The highest BCUT2D eigenvalue weighted by molar-refractivity contribution is 7.87. The van der Waals surface area contributed by atoms with E-state index in [1.807, 2.05) is 0 Å². The topological polar surface area (TPSA) is 115 Å². The molecule has 3 rings (SSSR count). The molecule has 0 aliphatic heterocycles. The second-order valence-electron chi connectivity index (χ2n) is 5.14. The van der Waals surface area contributed by atoms with Crippen molar-refractivity contribution in [3.05, 3.63) is 52.1 Å². The molecule has 7 nitrogen and oxygen atoms in total. The smallest absolute Gasteiger partial charge is 0.339 e. The fraction of sp³-hybridized carbons (Fsp3) is 0.0667. The second kappa shape index (κ2) is 6.55. The number of amides is 1. The standard InChI is InChI=1S/C15H11Cl2N3O4S/c16-11-3-2-9(6-12(11)17)25(22,23)24-8-1-4-13-10(5-8)14(20-19-13)7-15(18)21/h1-6H,7H2,(H2,18,21)(H,19,20). The lowest BCUT2D eigenvalue weighted by Gasteiger charge is -2.08. The molecule has 130 valence electrons. The minimum atomic E-state index is -4.11. The van der Waals surface area contributed by atoms with E-state index >= 15 is 0 Å². The molecule has 0 unspecified atom stereocenters. The molecular formula is C15H11Cl2N3O4S. The first-order valence-electron chi connectivity index (χ1n) is 6.91. The van der Waals surface area contributed by atoms with Crippen LogP contribution in [-0.2, 0) is 21.3 Å². The molecule has 10 heteroatoms. The molecule has 3 aromatic rings. The van der Waals surface area contributed by atoms with Crippen molar-refractivity contribution < 1.29 is 17.4 Å². The quantitative estimate of drug-likeness (QED) is 0.639.